The van der Waals surface area contributed by atoms with E-state index in [2.05, 4.69) is 18.1 Å². The molecule has 1 fully saturated rings. The van der Waals surface area contributed by atoms with Crippen LogP contribution in [0.25, 0.3) is 0 Å². The molecular formula is C11H14FN2O13P3S. The van der Waals surface area contributed by atoms with E-state index in [0.717, 1.165) is 16.8 Å². The van der Waals surface area contributed by atoms with Crippen molar-refractivity contribution in [1.29, 1.82) is 0 Å². The third-order valence-corrected chi connectivity index (χ3v) is 7.70. The number of hydrogen-bond donors (Lipinski definition) is 6. The van der Waals surface area contributed by atoms with E-state index >= 15 is 4.39 Å². The molecule has 1 aromatic rings. The number of halogens is 1. The summed E-state index contributed by atoms with van der Waals surface area (Å²) in [6.45, 7) is -1.16. The lowest BCUT2D eigenvalue weighted by Gasteiger charge is -2.24. The van der Waals surface area contributed by atoms with Crippen LogP contribution in [0.4, 0.5) is 4.39 Å². The van der Waals surface area contributed by atoms with Gasteiger partial charge >= 0.3 is 23.5 Å². The molecule has 6 atom stereocenters. The minimum absolute atomic E-state index is 0.337. The number of aliphatic hydroxyl groups excluding tert-OH is 1. The van der Waals surface area contributed by atoms with Crippen molar-refractivity contribution in [3.05, 3.63) is 27.4 Å². The summed E-state index contributed by atoms with van der Waals surface area (Å²) < 4.78 is 65.9. The number of aromatic nitrogens is 2. The van der Waals surface area contributed by atoms with Gasteiger partial charge in [0.2, 0.25) is 5.67 Å². The highest BCUT2D eigenvalue weighted by Crippen LogP contribution is 2.66. The Labute approximate surface area is 176 Å². The zero-order valence-electron chi connectivity index (χ0n) is 14.7. The SMILES string of the molecule is C#CC1(F)[C@@H](O)[C@@H](COP(=O)(O)OP(=O)(O)OP(=O)(O)O)O[C@H]1n1ccc(=O)[nH]c1=S. The van der Waals surface area contributed by atoms with Crippen molar-refractivity contribution in [3.63, 3.8) is 0 Å². The Bertz CT molecular complexity index is 1140. The summed E-state index contributed by atoms with van der Waals surface area (Å²) in [5.41, 5.74) is -3.60. The number of terminal acetylenes is 1. The maximum Gasteiger partial charge on any atom is 0.490 e. The third-order valence-electron chi connectivity index (χ3n) is 3.59. The standard InChI is InChI=1S/C11H14FN2O13P3S/c1-2-11(12)8(16)6(25-9(11)14-4-3-7(15)13-10(14)31)5-24-29(20,21)27-30(22,23)26-28(17,18)19/h1,3-4,6,8-9,16H,5H2,(H,20,21)(H,22,23)(H,13,15,31)(H2,17,18,19)/t6-,8+,9-,11?/m1/s1. The van der Waals surface area contributed by atoms with E-state index in [1.54, 1.807) is 5.92 Å². The number of aromatic amines is 1. The molecule has 15 nitrogen and oxygen atoms in total. The number of phosphoric ester groups is 1. The number of ether oxygens (including phenoxy) is 1. The van der Waals surface area contributed by atoms with Gasteiger partial charge in [0, 0.05) is 12.3 Å². The molecule has 6 N–H and O–H groups in total. The Morgan fingerprint density at radius 3 is 2.42 bits per heavy atom. The topological polar surface area (TPSA) is 227 Å². The zero-order valence-corrected chi connectivity index (χ0v) is 18.2. The molecule has 31 heavy (non-hydrogen) atoms. The lowest BCUT2D eigenvalue weighted by Crippen LogP contribution is -2.42. The highest BCUT2D eigenvalue weighted by atomic mass is 32.1. The first kappa shape index (κ1) is 26.2. The van der Waals surface area contributed by atoms with Gasteiger partial charge < -0.3 is 29.4 Å². The Kier molecular flexibility index (Phi) is 7.64. The second-order valence-electron chi connectivity index (χ2n) is 5.79. The summed E-state index contributed by atoms with van der Waals surface area (Å²) in [5, 5.41) is 10.2. The van der Waals surface area contributed by atoms with Crippen LogP contribution in [0.3, 0.4) is 0 Å². The van der Waals surface area contributed by atoms with E-state index in [-0.39, 0.29) is 4.77 Å². The van der Waals surface area contributed by atoms with Crippen LogP contribution in [-0.2, 0) is 31.6 Å². The molecule has 3 unspecified atom stereocenters. The summed E-state index contributed by atoms with van der Waals surface area (Å²) in [6, 6.07) is 0.946. The first-order valence-electron chi connectivity index (χ1n) is 7.60. The number of nitrogens with zero attached hydrogens (tertiary/aromatic N) is 1. The quantitative estimate of drug-likeness (QED) is 0.147. The first-order valence-corrected chi connectivity index (χ1v) is 12.5. The Balaban J connectivity index is 2.19. The van der Waals surface area contributed by atoms with Crippen LogP contribution in [0.15, 0.2) is 17.1 Å². The number of nitrogens with one attached hydrogen (secondary N) is 1. The van der Waals surface area contributed by atoms with E-state index in [9.17, 15) is 28.5 Å². The van der Waals surface area contributed by atoms with Gasteiger partial charge in [-0.1, -0.05) is 5.92 Å². The predicted molar refractivity (Wildman–Crippen MR) is 98.3 cm³/mol. The Morgan fingerprint density at radius 2 is 1.90 bits per heavy atom. The van der Waals surface area contributed by atoms with Gasteiger partial charge in [0.25, 0.3) is 5.56 Å². The number of rotatable bonds is 8. The molecule has 0 spiro atoms. The van der Waals surface area contributed by atoms with Gasteiger partial charge in [-0.25, -0.2) is 18.1 Å². The molecule has 1 saturated heterocycles. The fraction of sp³-hybridized carbons (Fsp3) is 0.455. The number of phosphoric acid groups is 3. The first-order chi connectivity index (χ1) is 14.0. The lowest BCUT2D eigenvalue weighted by molar-refractivity contribution is -0.0526. The summed E-state index contributed by atoms with van der Waals surface area (Å²) in [6.07, 6.45) is 0.355. The molecule has 0 amide bonds. The van der Waals surface area contributed by atoms with Crippen LogP contribution in [-0.4, -0.2) is 58.7 Å². The smallest absolute Gasteiger partial charge is 0.386 e. The van der Waals surface area contributed by atoms with Crippen molar-refractivity contribution in [2.75, 3.05) is 6.61 Å². The van der Waals surface area contributed by atoms with E-state index in [4.69, 9.17) is 38.1 Å². The zero-order chi connectivity index (χ0) is 23.8. The normalized spacial score (nSPS) is 30.3. The summed E-state index contributed by atoms with van der Waals surface area (Å²) >= 11 is 4.87. The Morgan fingerprint density at radius 1 is 1.29 bits per heavy atom. The maximum atomic E-state index is 15.2. The average Bonchev–Trinajstić information content (AvgIpc) is 2.82. The summed E-state index contributed by atoms with van der Waals surface area (Å²) in [5.74, 6) is 1.66. The molecule has 0 radical (unpaired) electrons. The van der Waals surface area contributed by atoms with E-state index in [1.165, 1.54) is 0 Å². The highest BCUT2D eigenvalue weighted by Gasteiger charge is 2.58. The fourth-order valence-electron chi connectivity index (χ4n) is 2.39. The average molecular weight is 526 g/mol. The van der Waals surface area contributed by atoms with Gasteiger partial charge in [0.05, 0.1) is 6.61 Å². The molecule has 1 aliphatic rings. The third kappa shape index (κ3) is 6.47. The van der Waals surface area contributed by atoms with Gasteiger partial charge in [-0.15, -0.1) is 6.42 Å². The van der Waals surface area contributed by atoms with Crippen molar-refractivity contribution in [1.82, 2.24) is 9.55 Å². The van der Waals surface area contributed by atoms with Gasteiger partial charge in [0.15, 0.2) is 11.0 Å². The number of H-pyrrole nitrogens is 1. The molecule has 2 heterocycles. The fourth-order valence-corrected chi connectivity index (χ4v) is 5.68. The van der Waals surface area contributed by atoms with Crippen molar-refractivity contribution in [3.8, 4) is 12.3 Å². The molecule has 174 valence electrons. The molecule has 0 saturated carbocycles. The van der Waals surface area contributed by atoms with Crippen LogP contribution >= 0.6 is 35.7 Å². The van der Waals surface area contributed by atoms with Crippen LogP contribution in [0.5, 0.6) is 0 Å². The molecule has 0 aromatic carbocycles. The minimum atomic E-state index is -5.78. The largest absolute Gasteiger partial charge is 0.490 e. The van der Waals surface area contributed by atoms with Crippen molar-refractivity contribution < 1.29 is 60.6 Å². The second-order valence-corrected chi connectivity index (χ2v) is 10.6. The lowest BCUT2D eigenvalue weighted by atomic mass is 9.97. The molecule has 2 rings (SSSR count). The molecule has 20 heteroatoms. The highest BCUT2D eigenvalue weighted by molar-refractivity contribution is 7.71. The van der Waals surface area contributed by atoms with E-state index in [1.807, 2.05) is 0 Å². The van der Waals surface area contributed by atoms with Crippen LogP contribution < -0.4 is 5.56 Å². The summed E-state index contributed by atoms with van der Waals surface area (Å²) in [4.78, 5) is 48.9. The van der Waals surface area contributed by atoms with E-state index in [0.29, 0.717) is 0 Å². The van der Waals surface area contributed by atoms with E-state index < -0.39 is 59.7 Å². The van der Waals surface area contributed by atoms with Crippen molar-refractivity contribution >= 4 is 35.7 Å². The van der Waals surface area contributed by atoms with Crippen molar-refractivity contribution in [2.45, 2.75) is 24.1 Å². The number of aliphatic hydroxyl groups is 1. The van der Waals surface area contributed by atoms with Gasteiger partial charge in [-0.2, -0.15) is 8.62 Å². The molecule has 1 aliphatic heterocycles. The van der Waals surface area contributed by atoms with Gasteiger partial charge in [-0.05, 0) is 12.2 Å². The number of hydrogen-bond acceptors (Lipinski definition) is 10. The van der Waals surface area contributed by atoms with Crippen LogP contribution in [0.1, 0.15) is 6.23 Å². The molecule has 1 aromatic heterocycles. The monoisotopic (exact) mass is 526 g/mol. The molecule has 0 bridgehead atoms. The van der Waals surface area contributed by atoms with Crippen LogP contribution in [0.2, 0.25) is 0 Å². The van der Waals surface area contributed by atoms with Gasteiger partial charge in [0.1, 0.15) is 12.2 Å². The predicted octanol–water partition coefficient (Wildman–Crippen LogP) is -0.151. The molecule has 0 aliphatic carbocycles. The van der Waals surface area contributed by atoms with Crippen molar-refractivity contribution in [2.24, 2.45) is 0 Å². The second kappa shape index (κ2) is 9.05. The number of alkyl halides is 1. The minimum Gasteiger partial charge on any atom is -0.386 e. The maximum absolute atomic E-state index is 15.2. The summed E-state index contributed by atoms with van der Waals surface area (Å²) in [7, 11) is -16.9. The molecular weight excluding hydrogens is 512 g/mol. The van der Waals surface area contributed by atoms with Crippen LogP contribution in [0, 0.1) is 17.1 Å². The van der Waals surface area contributed by atoms with Gasteiger partial charge in [-0.3, -0.25) is 18.9 Å². The Hall–Kier alpha value is -1.08.